The zero-order chi connectivity index (χ0) is 14.5. The molecule has 0 radical (unpaired) electrons. The molecule has 1 aliphatic carbocycles. The van der Waals surface area contributed by atoms with Crippen molar-refractivity contribution < 1.29 is 19.1 Å². The van der Waals surface area contributed by atoms with E-state index in [4.69, 9.17) is 9.47 Å². The van der Waals surface area contributed by atoms with Crippen LogP contribution in [0, 0.1) is 0 Å². The zero-order valence-electron chi connectivity index (χ0n) is 12.0. The van der Waals surface area contributed by atoms with E-state index in [9.17, 15) is 9.59 Å². The lowest BCUT2D eigenvalue weighted by atomic mass is 9.89. The lowest BCUT2D eigenvalue weighted by Gasteiger charge is -2.17. The predicted octanol–water partition coefficient (Wildman–Crippen LogP) is 2.92. The first-order valence-electron chi connectivity index (χ1n) is 6.99. The van der Waals surface area contributed by atoms with E-state index in [2.05, 4.69) is 0 Å². The number of hydrogen-bond donors (Lipinski definition) is 0. The Hall–Kier alpha value is -1.84. The molecule has 0 N–H and O–H groups in total. The van der Waals surface area contributed by atoms with E-state index in [1.165, 1.54) is 27.1 Å². The fourth-order valence-electron chi connectivity index (χ4n) is 2.70. The number of carbonyl (C=O) groups is 2. The number of ether oxygens (including phenoxy) is 2. The summed E-state index contributed by atoms with van der Waals surface area (Å²) >= 11 is 0. The molecule has 0 atom stereocenters. The van der Waals surface area contributed by atoms with Crippen LogP contribution in [0.3, 0.4) is 0 Å². The van der Waals surface area contributed by atoms with Crippen molar-refractivity contribution in [3.63, 3.8) is 0 Å². The molecule has 1 aromatic rings. The van der Waals surface area contributed by atoms with Crippen LogP contribution in [0.25, 0.3) is 0 Å². The van der Waals surface area contributed by atoms with Crippen LogP contribution in [0.2, 0.25) is 0 Å². The van der Waals surface area contributed by atoms with Gasteiger partial charge in [0.25, 0.3) is 0 Å². The summed E-state index contributed by atoms with van der Waals surface area (Å²) in [5.41, 5.74) is 2.91. The summed E-state index contributed by atoms with van der Waals surface area (Å²) < 4.78 is 9.54. The van der Waals surface area contributed by atoms with Gasteiger partial charge in [-0.05, 0) is 48.9 Å². The third kappa shape index (κ3) is 3.00. The topological polar surface area (TPSA) is 52.6 Å². The Morgan fingerprint density at radius 3 is 1.55 bits per heavy atom. The lowest BCUT2D eigenvalue weighted by molar-refractivity contribution is 0.0555. The highest BCUT2D eigenvalue weighted by molar-refractivity contribution is 6.03. The standard InChI is InChI=1S/C16H20O4/c1-19-15(17)13-9-11-7-5-3-4-6-8-12(11)10-14(13)16(18)20-2/h9-10H,3-8H2,1-2H3. The summed E-state index contributed by atoms with van der Waals surface area (Å²) in [6, 6.07) is 3.61. The highest BCUT2D eigenvalue weighted by atomic mass is 16.5. The van der Waals surface area contributed by atoms with Crippen molar-refractivity contribution in [3.8, 4) is 0 Å². The highest BCUT2D eigenvalue weighted by Gasteiger charge is 2.21. The second-order valence-corrected chi connectivity index (χ2v) is 5.06. The Morgan fingerprint density at radius 2 is 1.20 bits per heavy atom. The Labute approximate surface area is 119 Å². The van der Waals surface area contributed by atoms with Gasteiger partial charge in [-0.15, -0.1) is 0 Å². The second-order valence-electron chi connectivity index (χ2n) is 5.06. The van der Waals surface area contributed by atoms with E-state index < -0.39 is 11.9 Å². The van der Waals surface area contributed by atoms with Gasteiger partial charge in [-0.25, -0.2) is 9.59 Å². The number of rotatable bonds is 2. The molecule has 0 fully saturated rings. The van der Waals surface area contributed by atoms with Crippen LogP contribution >= 0.6 is 0 Å². The molecule has 0 amide bonds. The number of carbonyl (C=O) groups excluding carboxylic acids is 2. The molecule has 0 heterocycles. The maximum absolute atomic E-state index is 11.9. The molecule has 4 heteroatoms. The molecule has 0 saturated heterocycles. The molecule has 0 spiro atoms. The highest BCUT2D eigenvalue weighted by Crippen LogP contribution is 2.25. The van der Waals surface area contributed by atoms with E-state index in [0.717, 1.165) is 36.8 Å². The summed E-state index contributed by atoms with van der Waals surface area (Å²) in [5.74, 6) is -0.981. The Bertz CT molecular complexity index is 472. The van der Waals surface area contributed by atoms with Gasteiger partial charge in [-0.2, -0.15) is 0 Å². The molecular formula is C16H20O4. The van der Waals surface area contributed by atoms with Crippen molar-refractivity contribution in [1.82, 2.24) is 0 Å². The number of fused-ring (bicyclic) bond motifs is 1. The van der Waals surface area contributed by atoms with Gasteiger partial charge in [0.05, 0.1) is 25.3 Å². The maximum Gasteiger partial charge on any atom is 0.338 e. The van der Waals surface area contributed by atoms with Crippen molar-refractivity contribution in [2.75, 3.05) is 14.2 Å². The van der Waals surface area contributed by atoms with Crippen molar-refractivity contribution in [2.45, 2.75) is 38.5 Å². The first-order chi connectivity index (χ1) is 9.67. The minimum absolute atomic E-state index is 0.304. The minimum atomic E-state index is -0.491. The van der Waals surface area contributed by atoms with Gasteiger partial charge < -0.3 is 9.47 Å². The van der Waals surface area contributed by atoms with Crippen LogP contribution < -0.4 is 0 Å². The third-order valence-electron chi connectivity index (χ3n) is 3.79. The molecule has 0 aliphatic heterocycles. The van der Waals surface area contributed by atoms with E-state index in [1.54, 1.807) is 12.1 Å². The van der Waals surface area contributed by atoms with Gasteiger partial charge in [0.2, 0.25) is 0 Å². The molecule has 0 bridgehead atoms. The summed E-state index contributed by atoms with van der Waals surface area (Å²) in [6.45, 7) is 0. The van der Waals surface area contributed by atoms with Gasteiger partial charge >= 0.3 is 11.9 Å². The molecule has 0 unspecified atom stereocenters. The van der Waals surface area contributed by atoms with Crippen LogP contribution in [0.5, 0.6) is 0 Å². The molecular weight excluding hydrogens is 256 g/mol. The van der Waals surface area contributed by atoms with Crippen molar-refractivity contribution >= 4 is 11.9 Å². The Balaban J connectivity index is 2.51. The predicted molar refractivity (Wildman–Crippen MR) is 75.0 cm³/mol. The Kier molecular flexibility index (Phi) is 4.77. The van der Waals surface area contributed by atoms with Crippen molar-refractivity contribution in [2.24, 2.45) is 0 Å². The third-order valence-corrected chi connectivity index (χ3v) is 3.79. The first kappa shape index (κ1) is 14.6. The number of hydrogen-bond acceptors (Lipinski definition) is 4. The smallest absolute Gasteiger partial charge is 0.338 e. The molecule has 4 nitrogen and oxygen atoms in total. The van der Waals surface area contributed by atoms with Crippen LogP contribution in [-0.2, 0) is 22.3 Å². The number of aryl methyl sites for hydroxylation is 2. The molecule has 0 aromatic heterocycles. The zero-order valence-corrected chi connectivity index (χ0v) is 12.0. The summed E-state index contributed by atoms with van der Waals surface area (Å²) in [7, 11) is 2.64. The average Bonchev–Trinajstić information content (AvgIpc) is 2.45. The first-order valence-corrected chi connectivity index (χ1v) is 6.99. The van der Waals surface area contributed by atoms with E-state index in [-0.39, 0.29) is 0 Å². The fraction of sp³-hybridized carbons (Fsp3) is 0.500. The maximum atomic E-state index is 11.9. The summed E-state index contributed by atoms with van der Waals surface area (Å²) in [5, 5.41) is 0. The number of methoxy groups -OCH3 is 2. The molecule has 108 valence electrons. The van der Waals surface area contributed by atoms with Crippen molar-refractivity contribution in [1.29, 1.82) is 0 Å². The quantitative estimate of drug-likeness (QED) is 0.779. The van der Waals surface area contributed by atoms with Gasteiger partial charge in [0.15, 0.2) is 0 Å². The van der Waals surface area contributed by atoms with Crippen LogP contribution in [-0.4, -0.2) is 26.2 Å². The normalized spacial score (nSPS) is 14.7. The second kappa shape index (κ2) is 6.55. The van der Waals surface area contributed by atoms with E-state index >= 15 is 0 Å². The van der Waals surface area contributed by atoms with E-state index in [0.29, 0.717) is 11.1 Å². The molecule has 1 aliphatic rings. The number of esters is 2. The number of benzene rings is 1. The van der Waals surface area contributed by atoms with Gasteiger partial charge in [-0.1, -0.05) is 12.8 Å². The van der Waals surface area contributed by atoms with Gasteiger partial charge in [0.1, 0.15) is 0 Å². The summed E-state index contributed by atoms with van der Waals surface area (Å²) in [4.78, 5) is 23.7. The minimum Gasteiger partial charge on any atom is -0.465 e. The lowest BCUT2D eigenvalue weighted by Crippen LogP contribution is -2.14. The average molecular weight is 276 g/mol. The van der Waals surface area contributed by atoms with Crippen LogP contribution in [0.15, 0.2) is 12.1 Å². The molecule has 20 heavy (non-hydrogen) atoms. The van der Waals surface area contributed by atoms with E-state index in [1.807, 2.05) is 0 Å². The Morgan fingerprint density at radius 1 is 0.800 bits per heavy atom. The van der Waals surface area contributed by atoms with Crippen LogP contribution in [0.1, 0.15) is 57.5 Å². The largest absolute Gasteiger partial charge is 0.465 e. The van der Waals surface area contributed by atoms with Gasteiger partial charge in [0, 0.05) is 0 Å². The molecule has 2 rings (SSSR count). The van der Waals surface area contributed by atoms with Gasteiger partial charge in [-0.3, -0.25) is 0 Å². The molecule has 0 saturated carbocycles. The van der Waals surface area contributed by atoms with Crippen molar-refractivity contribution in [3.05, 3.63) is 34.4 Å². The fourth-order valence-corrected chi connectivity index (χ4v) is 2.70. The molecule has 1 aromatic carbocycles. The summed E-state index contributed by atoms with van der Waals surface area (Å²) in [6.07, 6.45) is 6.55. The van der Waals surface area contributed by atoms with Crippen LogP contribution in [0.4, 0.5) is 0 Å². The monoisotopic (exact) mass is 276 g/mol. The SMILES string of the molecule is COC(=O)c1cc2c(cc1C(=O)OC)CCCCCC2.